The van der Waals surface area contributed by atoms with Crippen LogP contribution in [-0.4, -0.2) is 0 Å². The summed E-state index contributed by atoms with van der Waals surface area (Å²) in [5, 5.41) is 12.0. The number of anilines is 2. The van der Waals surface area contributed by atoms with Gasteiger partial charge in [0, 0.05) is 11.4 Å². The third-order valence-electron chi connectivity index (χ3n) is 2.22. The molecule has 0 spiro atoms. The van der Waals surface area contributed by atoms with Gasteiger partial charge in [-0.15, -0.1) is 0 Å². The summed E-state index contributed by atoms with van der Waals surface area (Å²) in [6, 6.07) is 11.0. The lowest BCUT2D eigenvalue weighted by Crippen LogP contribution is -1.99. The maximum Gasteiger partial charge on any atom is 0.122 e. The molecule has 0 fully saturated rings. The van der Waals surface area contributed by atoms with Crippen molar-refractivity contribution in [3.05, 3.63) is 47.9 Å². The number of hydrogen-bond donors (Lipinski definition) is 2. The fourth-order valence-electron chi connectivity index (χ4n) is 1.37. The Hall–Kier alpha value is -2.41. The summed E-state index contributed by atoms with van der Waals surface area (Å²) >= 11 is 0. The summed E-state index contributed by atoms with van der Waals surface area (Å²) in [5.74, 6) is 0.843. The van der Waals surface area contributed by atoms with Crippen molar-refractivity contribution >= 4 is 11.4 Å². The summed E-state index contributed by atoms with van der Waals surface area (Å²) in [7, 11) is 0. The van der Waals surface area contributed by atoms with Crippen molar-refractivity contribution < 1.29 is 4.42 Å². The molecule has 0 aliphatic heterocycles. The van der Waals surface area contributed by atoms with Crippen molar-refractivity contribution in [2.24, 2.45) is 0 Å². The van der Waals surface area contributed by atoms with Gasteiger partial charge in [0.25, 0.3) is 0 Å². The highest BCUT2D eigenvalue weighted by atomic mass is 16.3. The van der Waals surface area contributed by atoms with Crippen LogP contribution in [-0.2, 0) is 6.54 Å². The van der Waals surface area contributed by atoms with Gasteiger partial charge in [-0.3, -0.25) is 0 Å². The van der Waals surface area contributed by atoms with Crippen LogP contribution < -0.4 is 11.1 Å². The Morgan fingerprint density at radius 1 is 1.38 bits per heavy atom. The second-order valence-electron chi connectivity index (χ2n) is 3.35. The maximum atomic E-state index is 8.82. The Kier molecular flexibility index (Phi) is 2.79. The van der Waals surface area contributed by atoms with Crippen molar-refractivity contribution in [2.75, 3.05) is 11.1 Å². The maximum absolute atomic E-state index is 8.82. The monoisotopic (exact) mass is 213 g/mol. The van der Waals surface area contributed by atoms with E-state index in [2.05, 4.69) is 5.32 Å². The number of nitrogens with zero attached hydrogens (tertiary/aromatic N) is 1. The molecular formula is C12H11N3O. The van der Waals surface area contributed by atoms with Gasteiger partial charge in [0.05, 0.1) is 18.4 Å². The van der Waals surface area contributed by atoms with E-state index in [0.29, 0.717) is 17.8 Å². The fourth-order valence-corrected chi connectivity index (χ4v) is 1.37. The molecule has 0 amide bonds. The van der Waals surface area contributed by atoms with E-state index in [9.17, 15) is 0 Å². The molecule has 2 aromatic rings. The number of nitriles is 1. The molecule has 3 N–H and O–H groups in total. The van der Waals surface area contributed by atoms with Gasteiger partial charge in [-0.2, -0.15) is 5.26 Å². The molecular weight excluding hydrogens is 202 g/mol. The summed E-state index contributed by atoms with van der Waals surface area (Å²) in [4.78, 5) is 0. The van der Waals surface area contributed by atoms with Crippen LogP contribution >= 0.6 is 0 Å². The lowest BCUT2D eigenvalue weighted by atomic mass is 10.2. The number of benzene rings is 1. The molecule has 0 aliphatic rings. The molecule has 4 nitrogen and oxygen atoms in total. The van der Waals surface area contributed by atoms with Gasteiger partial charge in [-0.05, 0) is 30.3 Å². The van der Waals surface area contributed by atoms with Gasteiger partial charge in [-0.25, -0.2) is 0 Å². The van der Waals surface area contributed by atoms with E-state index in [0.717, 1.165) is 11.4 Å². The van der Waals surface area contributed by atoms with Crippen LogP contribution in [0.3, 0.4) is 0 Å². The van der Waals surface area contributed by atoms with Gasteiger partial charge in [0.1, 0.15) is 11.8 Å². The summed E-state index contributed by atoms with van der Waals surface area (Å²) in [6.45, 7) is 0.585. The largest absolute Gasteiger partial charge is 0.467 e. The summed E-state index contributed by atoms with van der Waals surface area (Å²) < 4.78 is 5.18. The first-order valence-electron chi connectivity index (χ1n) is 4.85. The Morgan fingerprint density at radius 3 is 2.94 bits per heavy atom. The van der Waals surface area contributed by atoms with Gasteiger partial charge in [0.2, 0.25) is 0 Å². The number of nitrogens with one attached hydrogen (secondary N) is 1. The molecule has 0 unspecified atom stereocenters. The Balaban J connectivity index is 2.08. The van der Waals surface area contributed by atoms with E-state index >= 15 is 0 Å². The normalized spacial score (nSPS) is 9.69. The van der Waals surface area contributed by atoms with Crippen molar-refractivity contribution in [3.63, 3.8) is 0 Å². The number of furan rings is 1. The van der Waals surface area contributed by atoms with Crippen molar-refractivity contribution in [2.45, 2.75) is 6.54 Å². The number of hydrogen-bond acceptors (Lipinski definition) is 4. The molecule has 1 aromatic heterocycles. The van der Waals surface area contributed by atoms with Crippen LogP contribution in [0.1, 0.15) is 11.3 Å². The fraction of sp³-hybridized carbons (Fsp3) is 0.0833. The predicted octanol–water partition coefficient (Wildman–Crippen LogP) is 2.35. The molecule has 0 atom stereocenters. The predicted molar refractivity (Wildman–Crippen MR) is 61.6 cm³/mol. The van der Waals surface area contributed by atoms with E-state index in [1.807, 2.05) is 24.3 Å². The number of nitrogens with two attached hydrogens (primary N) is 1. The van der Waals surface area contributed by atoms with Gasteiger partial charge < -0.3 is 15.5 Å². The van der Waals surface area contributed by atoms with E-state index in [1.54, 1.807) is 18.4 Å². The first kappa shape index (κ1) is 10.1. The zero-order valence-corrected chi connectivity index (χ0v) is 8.60. The molecule has 0 saturated heterocycles. The van der Waals surface area contributed by atoms with E-state index in [-0.39, 0.29) is 0 Å². The molecule has 2 rings (SSSR count). The molecule has 0 aliphatic carbocycles. The van der Waals surface area contributed by atoms with Gasteiger partial charge >= 0.3 is 0 Å². The molecule has 0 radical (unpaired) electrons. The molecule has 80 valence electrons. The number of nitrogen functional groups attached to an aromatic ring is 1. The van der Waals surface area contributed by atoms with Crippen LogP contribution in [0.4, 0.5) is 11.4 Å². The Bertz CT molecular complexity index is 512. The zero-order valence-electron chi connectivity index (χ0n) is 8.60. The van der Waals surface area contributed by atoms with Crippen molar-refractivity contribution in [1.29, 1.82) is 5.26 Å². The van der Waals surface area contributed by atoms with Crippen LogP contribution in [0.15, 0.2) is 41.0 Å². The molecule has 0 bridgehead atoms. The topological polar surface area (TPSA) is 75.0 Å². The first-order chi connectivity index (χ1) is 7.79. The first-order valence-corrected chi connectivity index (χ1v) is 4.85. The van der Waals surface area contributed by atoms with Gasteiger partial charge in [-0.1, -0.05) is 0 Å². The third-order valence-corrected chi connectivity index (χ3v) is 2.22. The van der Waals surface area contributed by atoms with Crippen LogP contribution in [0, 0.1) is 11.3 Å². The number of rotatable bonds is 3. The molecule has 1 heterocycles. The van der Waals surface area contributed by atoms with E-state index in [4.69, 9.17) is 15.4 Å². The molecule has 4 heteroatoms. The standard InChI is InChI=1S/C12H11N3O/c13-7-9-6-10(3-4-12(9)14)15-8-11-2-1-5-16-11/h1-6,15H,8,14H2. The van der Waals surface area contributed by atoms with Crippen LogP contribution in [0.5, 0.6) is 0 Å². The van der Waals surface area contributed by atoms with Crippen LogP contribution in [0.2, 0.25) is 0 Å². The van der Waals surface area contributed by atoms with Crippen molar-refractivity contribution in [3.8, 4) is 6.07 Å². The minimum atomic E-state index is 0.476. The second-order valence-corrected chi connectivity index (χ2v) is 3.35. The Morgan fingerprint density at radius 2 is 2.25 bits per heavy atom. The SMILES string of the molecule is N#Cc1cc(NCc2ccco2)ccc1N. The molecule has 1 aromatic carbocycles. The molecule has 16 heavy (non-hydrogen) atoms. The zero-order chi connectivity index (χ0) is 11.4. The average Bonchev–Trinajstić information content (AvgIpc) is 2.81. The molecule has 0 saturated carbocycles. The third kappa shape index (κ3) is 2.15. The lowest BCUT2D eigenvalue weighted by molar-refractivity contribution is 0.518. The minimum Gasteiger partial charge on any atom is -0.467 e. The summed E-state index contributed by atoms with van der Waals surface area (Å²) in [6.07, 6.45) is 1.63. The average molecular weight is 213 g/mol. The highest BCUT2D eigenvalue weighted by molar-refractivity contribution is 5.61. The van der Waals surface area contributed by atoms with E-state index < -0.39 is 0 Å². The van der Waals surface area contributed by atoms with Crippen molar-refractivity contribution in [1.82, 2.24) is 0 Å². The smallest absolute Gasteiger partial charge is 0.122 e. The van der Waals surface area contributed by atoms with Gasteiger partial charge in [0.15, 0.2) is 0 Å². The summed E-state index contributed by atoms with van der Waals surface area (Å²) in [5.41, 5.74) is 7.44. The lowest BCUT2D eigenvalue weighted by Gasteiger charge is -2.05. The highest BCUT2D eigenvalue weighted by Gasteiger charge is 2.00. The second kappa shape index (κ2) is 4.41. The Labute approximate surface area is 93.3 Å². The minimum absolute atomic E-state index is 0.476. The van der Waals surface area contributed by atoms with Crippen LogP contribution in [0.25, 0.3) is 0 Å². The quantitative estimate of drug-likeness (QED) is 0.767. The van der Waals surface area contributed by atoms with E-state index in [1.165, 1.54) is 0 Å². The highest BCUT2D eigenvalue weighted by Crippen LogP contribution is 2.17.